The van der Waals surface area contributed by atoms with Gasteiger partial charge >= 0.3 is 0 Å². The van der Waals surface area contributed by atoms with E-state index in [1.165, 1.54) is 12.1 Å². The number of hydrogen-bond donors (Lipinski definition) is 2. The fourth-order valence-electron chi connectivity index (χ4n) is 1.98. The van der Waals surface area contributed by atoms with Gasteiger partial charge in [-0.05, 0) is 36.4 Å². The summed E-state index contributed by atoms with van der Waals surface area (Å²) in [5.41, 5.74) is 8.06. The van der Waals surface area contributed by atoms with Gasteiger partial charge in [-0.1, -0.05) is 6.07 Å². The fourth-order valence-corrected chi connectivity index (χ4v) is 1.98. The smallest absolute Gasteiger partial charge is 0.253 e. The van der Waals surface area contributed by atoms with Crippen LogP contribution in [0.1, 0.15) is 10.4 Å². The van der Waals surface area contributed by atoms with E-state index in [1.807, 2.05) is 0 Å². The lowest BCUT2D eigenvalue weighted by Crippen LogP contribution is -2.22. The van der Waals surface area contributed by atoms with Crippen molar-refractivity contribution in [3.63, 3.8) is 0 Å². The molecule has 0 aliphatic rings. The Labute approximate surface area is 117 Å². The Bertz CT molecular complexity index is 643. The molecule has 0 heterocycles. The monoisotopic (exact) mass is 273 g/mol. The standard InChI is InChI=1S/C15H16FN3O/c1-18-15(20)13-7-6-11(17)9-14(13)19(2)12-5-3-4-10(16)8-12/h3-9H,17H2,1-2H3,(H,18,20). The molecule has 1 amide bonds. The first kappa shape index (κ1) is 13.9. The Morgan fingerprint density at radius 2 is 2.00 bits per heavy atom. The lowest BCUT2D eigenvalue weighted by Gasteiger charge is -2.22. The van der Waals surface area contributed by atoms with Gasteiger partial charge in [0.1, 0.15) is 5.82 Å². The summed E-state index contributed by atoms with van der Waals surface area (Å²) in [6.07, 6.45) is 0. The molecule has 0 saturated carbocycles. The molecule has 104 valence electrons. The van der Waals surface area contributed by atoms with Crippen LogP contribution in [0.15, 0.2) is 42.5 Å². The molecule has 0 saturated heterocycles. The number of nitrogens with two attached hydrogens (primary N) is 1. The normalized spacial score (nSPS) is 10.2. The first-order valence-electron chi connectivity index (χ1n) is 6.14. The zero-order chi connectivity index (χ0) is 14.7. The summed E-state index contributed by atoms with van der Waals surface area (Å²) >= 11 is 0. The van der Waals surface area contributed by atoms with E-state index in [9.17, 15) is 9.18 Å². The summed E-state index contributed by atoms with van der Waals surface area (Å²) < 4.78 is 13.3. The first-order valence-corrected chi connectivity index (χ1v) is 6.14. The summed E-state index contributed by atoms with van der Waals surface area (Å²) in [5, 5.41) is 2.58. The zero-order valence-electron chi connectivity index (χ0n) is 11.4. The molecule has 20 heavy (non-hydrogen) atoms. The second-order valence-electron chi connectivity index (χ2n) is 4.39. The average Bonchev–Trinajstić information content (AvgIpc) is 2.45. The Morgan fingerprint density at radius 3 is 2.65 bits per heavy atom. The molecule has 0 spiro atoms. The second kappa shape index (κ2) is 5.61. The van der Waals surface area contributed by atoms with Gasteiger partial charge < -0.3 is 16.0 Å². The van der Waals surface area contributed by atoms with Crippen LogP contribution in [0, 0.1) is 5.82 Å². The van der Waals surface area contributed by atoms with Crippen molar-refractivity contribution in [2.45, 2.75) is 0 Å². The number of rotatable bonds is 3. The van der Waals surface area contributed by atoms with Crippen molar-refractivity contribution in [3.05, 3.63) is 53.8 Å². The van der Waals surface area contributed by atoms with E-state index >= 15 is 0 Å². The summed E-state index contributed by atoms with van der Waals surface area (Å²) in [5.74, 6) is -0.553. The van der Waals surface area contributed by atoms with Crippen LogP contribution in [0.4, 0.5) is 21.5 Å². The predicted octanol–water partition coefficient (Wildman–Crippen LogP) is 2.54. The van der Waals surface area contributed by atoms with Crippen LogP contribution in [0.25, 0.3) is 0 Å². The van der Waals surface area contributed by atoms with Gasteiger partial charge in [-0.25, -0.2) is 4.39 Å². The molecule has 0 bridgehead atoms. The number of benzene rings is 2. The number of carbonyl (C=O) groups excluding carboxylic acids is 1. The maximum atomic E-state index is 13.3. The molecule has 0 unspecified atom stereocenters. The van der Waals surface area contributed by atoms with Crippen molar-refractivity contribution < 1.29 is 9.18 Å². The first-order chi connectivity index (χ1) is 9.52. The number of nitrogens with zero attached hydrogens (tertiary/aromatic N) is 1. The van der Waals surface area contributed by atoms with Crippen molar-refractivity contribution in [2.75, 3.05) is 24.7 Å². The topological polar surface area (TPSA) is 58.4 Å². The Kier molecular flexibility index (Phi) is 3.89. The number of nitrogens with one attached hydrogen (secondary N) is 1. The quantitative estimate of drug-likeness (QED) is 0.845. The van der Waals surface area contributed by atoms with E-state index in [0.717, 1.165) is 0 Å². The van der Waals surface area contributed by atoms with Crippen molar-refractivity contribution >= 4 is 23.0 Å². The Hall–Kier alpha value is -2.56. The highest BCUT2D eigenvalue weighted by molar-refractivity contribution is 6.01. The van der Waals surface area contributed by atoms with E-state index < -0.39 is 0 Å². The van der Waals surface area contributed by atoms with Gasteiger partial charge in [0.2, 0.25) is 0 Å². The molecule has 2 rings (SSSR count). The van der Waals surface area contributed by atoms with Gasteiger partial charge in [0.15, 0.2) is 0 Å². The maximum absolute atomic E-state index is 13.3. The van der Waals surface area contributed by atoms with Crippen LogP contribution in [-0.2, 0) is 0 Å². The van der Waals surface area contributed by atoms with Crippen molar-refractivity contribution in [1.29, 1.82) is 0 Å². The lowest BCUT2D eigenvalue weighted by molar-refractivity contribution is 0.0963. The minimum atomic E-state index is -0.334. The SMILES string of the molecule is CNC(=O)c1ccc(N)cc1N(C)c1cccc(F)c1. The number of nitrogen functional groups attached to an aromatic ring is 1. The van der Waals surface area contributed by atoms with E-state index in [-0.39, 0.29) is 11.7 Å². The minimum absolute atomic E-state index is 0.219. The van der Waals surface area contributed by atoms with Crippen molar-refractivity contribution in [2.24, 2.45) is 0 Å². The van der Waals surface area contributed by atoms with Gasteiger partial charge in [-0.2, -0.15) is 0 Å². The van der Waals surface area contributed by atoms with Crippen molar-refractivity contribution in [1.82, 2.24) is 5.32 Å². The molecule has 0 aromatic heterocycles. The third kappa shape index (κ3) is 2.71. The molecule has 4 nitrogen and oxygen atoms in total. The zero-order valence-corrected chi connectivity index (χ0v) is 11.4. The Balaban J connectivity index is 2.50. The van der Waals surface area contributed by atoms with Crippen LogP contribution in [-0.4, -0.2) is 20.0 Å². The summed E-state index contributed by atoms with van der Waals surface area (Å²) in [4.78, 5) is 13.6. The molecule has 3 N–H and O–H groups in total. The van der Waals surface area contributed by atoms with E-state index in [1.54, 1.807) is 49.3 Å². The minimum Gasteiger partial charge on any atom is -0.399 e. The van der Waals surface area contributed by atoms with E-state index in [2.05, 4.69) is 5.32 Å². The lowest BCUT2D eigenvalue weighted by atomic mass is 10.1. The van der Waals surface area contributed by atoms with Gasteiger partial charge in [-0.15, -0.1) is 0 Å². The largest absolute Gasteiger partial charge is 0.399 e. The van der Waals surface area contributed by atoms with Crippen LogP contribution in [0.3, 0.4) is 0 Å². The molecule has 2 aromatic rings. The van der Waals surface area contributed by atoms with Crippen LogP contribution in [0.5, 0.6) is 0 Å². The van der Waals surface area contributed by atoms with E-state index in [0.29, 0.717) is 22.6 Å². The second-order valence-corrected chi connectivity index (χ2v) is 4.39. The molecule has 0 radical (unpaired) electrons. The molecule has 2 aromatic carbocycles. The van der Waals surface area contributed by atoms with Gasteiger partial charge in [-0.3, -0.25) is 4.79 Å². The van der Waals surface area contributed by atoms with E-state index in [4.69, 9.17) is 5.73 Å². The average molecular weight is 273 g/mol. The molecule has 0 fully saturated rings. The number of anilines is 3. The molecular weight excluding hydrogens is 257 g/mol. The third-order valence-electron chi connectivity index (χ3n) is 3.05. The van der Waals surface area contributed by atoms with Gasteiger partial charge in [0.25, 0.3) is 5.91 Å². The molecule has 0 atom stereocenters. The number of carbonyl (C=O) groups is 1. The van der Waals surface area contributed by atoms with Crippen molar-refractivity contribution in [3.8, 4) is 0 Å². The highest BCUT2D eigenvalue weighted by Crippen LogP contribution is 2.29. The Morgan fingerprint density at radius 1 is 1.25 bits per heavy atom. The maximum Gasteiger partial charge on any atom is 0.253 e. The molecular formula is C15H16FN3O. The van der Waals surface area contributed by atoms with Gasteiger partial charge in [0, 0.05) is 25.5 Å². The molecule has 5 heteroatoms. The van der Waals surface area contributed by atoms with Crippen LogP contribution >= 0.6 is 0 Å². The summed E-state index contributed by atoms with van der Waals surface area (Å²) in [6, 6.07) is 11.2. The third-order valence-corrected chi connectivity index (χ3v) is 3.05. The van der Waals surface area contributed by atoms with Crippen LogP contribution in [0.2, 0.25) is 0 Å². The highest BCUT2D eigenvalue weighted by atomic mass is 19.1. The summed E-state index contributed by atoms with van der Waals surface area (Å²) in [7, 11) is 3.32. The number of hydrogen-bond acceptors (Lipinski definition) is 3. The highest BCUT2D eigenvalue weighted by Gasteiger charge is 2.15. The molecule has 0 aliphatic heterocycles. The fraction of sp³-hybridized carbons (Fsp3) is 0.133. The van der Waals surface area contributed by atoms with Crippen LogP contribution < -0.4 is 16.0 Å². The summed E-state index contributed by atoms with van der Waals surface area (Å²) in [6.45, 7) is 0. The predicted molar refractivity (Wildman–Crippen MR) is 78.7 cm³/mol. The molecule has 0 aliphatic carbocycles. The van der Waals surface area contributed by atoms with Gasteiger partial charge in [0.05, 0.1) is 11.3 Å². The number of halogens is 1. The number of amides is 1.